The molecule has 2 bridgehead atoms. The van der Waals surface area contributed by atoms with Crippen molar-refractivity contribution in [2.45, 2.75) is 25.7 Å². The summed E-state index contributed by atoms with van der Waals surface area (Å²) in [6, 6.07) is 5.59. The number of pyridine rings is 1. The van der Waals surface area contributed by atoms with E-state index in [-0.39, 0.29) is 11.8 Å². The zero-order valence-electron chi connectivity index (χ0n) is 9.23. The number of hydrogen-bond acceptors (Lipinski definition) is 2. The fraction of sp³-hybridized carbons (Fsp3) is 0.538. The third kappa shape index (κ3) is 1.70. The van der Waals surface area contributed by atoms with E-state index in [0.717, 1.165) is 12.3 Å². The van der Waals surface area contributed by atoms with E-state index in [1.165, 1.54) is 19.3 Å². The Morgan fingerprint density at radius 2 is 2.25 bits per heavy atom. The summed E-state index contributed by atoms with van der Waals surface area (Å²) in [6.07, 6.45) is 6.63. The first kappa shape index (κ1) is 9.82. The number of nitrogens with zero attached hydrogens (tertiary/aromatic N) is 1. The number of rotatable bonds is 2. The highest BCUT2D eigenvalue weighted by Gasteiger charge is 2.43. The van der Waals surface area contributed by atoms with Crippen LogP contribution < -0.4 is 5.32 Å². The molecule has 0 spiro atoms. The standard InChI is InChI=1S/C13H16N2O/c16-13(15-12-3-1-2-6-14-12)11-8-9-4-5-10(11)7-9/h1-3,6,9-11H,4-5,7-8H2,(H,14,15,16)/t9-,10-,11-/m0/s1. The van der Waals surface area contributed by atoms with Gasteiger partial charge in [0.15, 0.2) is 0 Å². The number of carbonyl (C=O) groups is 1. The number of hydrogen-bond donors (Lipinski definition) is 1. The van der Waals surface area contributed by atoms with Crippen molar-refractivity contribution in [2.75, 3.05) is 5.32 Å². The van der Waals surface area contributed by atoms with Crippen LogP contribution in [0.5, 0.6) is 0 Å². The van der Waals surface area contributed by atoms with Crippen LogP contribution in [0.3, 0.4) is 0 Å². The zero-order valence-corrected chi connectivity index (χ0v) is 9.23. The summed E-state index contributed by atoms with van der Waals surface area (Å²) in [7, 11) is 0. The topological polar surface area (TPSA) is 42.0 Å². The zero-order chi connectivity index (χ0) is 11.0. The van der Waals surface area contributed by atoms with Gasteiger partial charge in [-0.15, -0.1) is 0 Å². The van der Waals surface area contributed by atoms with Gasteiger partial charge in [-0.05, 0) is 43.2 Å². The average Bonchev–Trinajstić information content (AvgIpc) is 2.92. The van der Waals surface area contributed by atoms with Crippen molar-refractivity contribution in [2.24, 2.45) is 17.8 Å². The van der Waals surface area contributed by atoms with Crippen LogP contribution in [0.2, 0.25) is 0 Å². The average molecular weight is 216 g/mol. The molecule has 1 aromatic rings. The van der Waals surface area contributed by atoms with E-state index in [1.807, 2.05) is 18.2 Å². The summed E-state index contributed by atoms with van der Waals surface area (Å²) in [6.45, 7) is 0. The summed E-state index contributed by atoms with van der Waals surface area (Å²) >= 11 is 0. The van der Waals surface area contributed by atoms with Gasteiger partial charge in [0.2, 0.25) is 5.91 Å². The number of amides is 1. The van der Waals surface area contributed by atoms with E-state index < -0.39 is 0 Å². The van der Waals surface area contributed by atoms with Crippen LogP contribution in [0.4, 0.5) is 5.82 Å². The van der Waals surface area contributed by atoms with Crippen LogP contribution in [0.25, 0.3) is 0 Å². The fourth-order valence-corrected chi connectivity index (χ4v) is 3.22. The lowest BCUT2D eigenvalue weighted by Gasteiger charge is -2.20. The number of nitrogens with one attached hydrogen (secondary N) is 1. The van der Waals surface area contributed by atoms with Crippen LogP contribution in [-0.2, 0) is 4.79 Å². The molecule has 2 saturated carbocycles. The van der Waals surface area contributed by atoms with Crippen molar-refractivity contribution in [3.8, 4) is 0 Å². The van der Waals surface area contributed by atoms with Crippen molar-refractivity contribution in [3.63, 3.8) is 0 Å². The molecule has 1 aromatic heterocycles. The van der Waals surface area contributed by atoms with E-state index >= 15 is 0 Å². The van der Waals surface area contributed by atoms with Crippen molar-refractivity contribution in [1.29, 1.82) is 0 Å². The summed E-state index contributed by atoms with van der Waals surface area (Å²) in [5.74, 6) is 2.53. The van der Waals surface area contributed by atoms with Gasteiger partial charge in [-0.2, -0.15) is 0 Å². The normalized spacial score (nSPS) is 31.6. The molecule has 3 atom stereocenters. The maximum atomic E-state index is 12.1. The minimum Gasteiger partial charge on any atom is -0.310 e. The van der Waals surface area contributed by atoms with Crippen molar-refractivity contribution >= 4 is 11.7 Å². The monoisotopic (exact) mass is 216 g/mol. The molecule has 0 saturated heterocycles. The largest absolute Gasteiger partial charge is 0.310 e. The fourth-order valence-electron chi connectivity index (χ4n) is 3.22. The van der Waals surface area contributed by atoms with Crippen LogP contribution in [0, 0.1) is 17.8 Å². The molecular formula is C13H16N2O. The van der Waals surface area contributed by atoms with Crippen molar-refractivity contribution < 1.29 is 4.79 Å². The highest BCUT2D eigenvalue weighted by Crippen LogP contribution is 2.48. The Kier molecular flexibility index (Phi) is 2.39. The van der Waals surface area contributed by atoms with E-state index in [1.54, 1.807) is 6.20 Å². The molecule has 2 fully saturated rings. The summed E-state index contributed by atoms with van der Waals surface area (Å²) in [4.78, 5) is 16.2. The van der Waals surface area contributed by atoms with Gasteiger partial charge in [0.25, 0.3) is 0 Å². The van der Waals surface area contributed by atoms with Crippen LogP contribution in [-0.4, -0.2) is 10.9 Å². The highest BCUT2D eigenvalue weighted by molar-refractivity contribution is 5.92. The molecule has 1 N–H and O–H groups in total. The van der Waals surface area contributed by atoms with Gasteiger partial charge in [0.05, 0.1) is 0 Å². The second-order valence-electron chi connectivity index (χ2n) is 4.99. The van der Waals surface area contributed by atoms with Crippen LogP contribution in [0.15, 0.2) is 24.4 Å². The molecule has 1 heterocycles. The maximum Gasteiger partial charge on any atom is 0.228 e. The lowest BCUT2D eigenvalue weighted by molar-refractivity contribution is -0.121. The van der Waals surface area contributed by atoms with Gasteiger partial charge >= 0.3 is 0 Å². The molecule has 2 aliphatic carbocycles. The Balaban J connectivity index is 1.66. The first-order valence-electron chi connectivity index (χ1n) is 6.05. The number of fused-ring (bicyclic) bond motifs is 2. The number of aromatic nitrogens is 1. The quantitative estimate of drug-likeness (QED) is 0.825. The molecule has 1 amide bonds. The van der Waals surface area contributed by atoms with E-state index in [2.05, 4.69) is 10.3 Å². The molecule has 3 rings (SSSR count). The maximum absolute atomic E-state index is 12.1. The predicted octanol–water partition coefficient (Wildman–Crippen LogP) is 2.46. The predicted molar refractivity (Wildman–Crippen MR) is 61.8 cm³/mol. The lowest BCUT2D eigenvalue weighted by Crippen LogP contribution is -2.27. The summed E-state index contributed by atoms with van der Waals surface area (Å²) in [5, 5.41) is 2.92. The molecule has 84 valence electrons. The van der Waals surface area contributed by atoms with Crippen molar-refractivity contribution in [1.82, 2.24) is 4.98 Å². The van der Waals surface area contributed by atoms with Gasteiger partial charge in [0, 0.05) is 12.1 Å². The highest BCUT2D eigenvalue weighted by atomic mass is 16.2. The molecular weight excluding hydrogens is 200 g/mol. The first-order valence-corrected chi connectivity index (χ1v) is 6.05. The van der Waals surface area contributed by atoms with Gasteiger partial charge < -0.3 is 5.32 Å². The molecule has 0 aliphatic heterocycles. The molecule has 16 heavy (non-hydrogen) atoms. The summed E-state index contributed by atoms with van der Waals surface area (Å²) < 4.78 is 0. The SMILES string of the molecule is O=C(Nc1ccccn1)[C@H]1C[C@H]2CC[C@H]1C2. The second-order valence-corrected chi connectivity index (χ2v) is 4.99. The Morgan fingerprint density at radius 1 is 1.31 bits per heavy atom. The van der Waals surface area contributed by atoms with E-state index in [4.69, 9.17) is 0 Å². The van der Waals surface area contributed by atoms with Crippen LogP contribution >= 0.6 is 0 Å². The van der Waals surface area contributed by atoms with Crippen LogP contribution in [0.1, 0.15) is 25.7 Å². The smallest absolute Gasteiger partial charge is 0.228 e. The minimum atomic E-state index is 0.172. The molecule has 3 heteroatoms. The molecule has 0 radical (unpaired) electrons. The minimum absolute atomic E-state index is 0.172. The third-order valence-electron chi connectivity index (χ3n) is 3.99. The molecule has 2 aliphatic rings. The first-order chi connectivity index (χ1) is 7.83. The van der Waals surface area contributed by atoms with Gasteiger partial charge in [0.1, 0.15) is 5.82 Å². The molecule has 0 unspecified atom stereocenters. The van der Waals surface area contributed by atoms with Gasteiger partial charge in [-0.25, -0.2) is 4.98 Å². The lowest BCUT2D eigenvalue weighted by atomic mass is 9.88. The second kappa shape index (κ2) is 3.89. The Labute approximate surface area is 95.3 Å². The van der Waals surface area contributed by atoms with E-state index in [0.29, 0.717) is 11.7 Å². The third-order valence-corrected chi connectivity index (χ3v) is 3.99. The van der Waals surface area contributed by atoms with E-state index in [9.17, 15) is 4.79 Å². The Bertz CT molecular complexity index is 390. The van der Waals surface area contributed by atoms with Gasteiger partial charge in [-0.1, -0.05) is 12.5 Å². The van der Waals surface area contributed by atoms with Crippen molar-refractivity contribution in [3.05, 3.63) is 24.4 Å². The number of carbonyl (C=O) groups excluding carboxylic acids is 1. The molecule has 0 aromatic carbocycles. The Morgan fingerprint density at radius 3 is 2.88 bits per heavy atom. The molecule has 3 nitrogen and oxygen atoms in total. The van der Waals surface area contributed by atoms with Gasteiger partial charge in [-0.3, -0.25) is 4.79 Å². The Hall–Kier alpha value is -1.38. The number of anilines is 1. The summed E-state index contributed by atoms with van der Waals surface area (Å²) in [5.41, 5.74) is 0.